The first-order valence-corrected chi connectivity index (χ1v) is 4.94. The molecule has 0 atom stereocenters. The van der Waals surface area contributed by atoms with E-state index in [1.54, 1.807) is 0 Å². The van der Waals surface area contributed by atoms with E-state index in [2.05, 4.69) is 0 Å². The van der Waals surface area contributed by atoms with Crippen LogP contribution < -0.4 is 5.73 Å². The lowest BCUT2D eigenvalue weighted by Crippen LogP contribution is -2.60. The average Bonchev–Trinajstić information content (AvgIpc) is 2.01. The van der Waals surface area contributed by atoms with Gasteiger partial charge in [-0.15, -0.1) is 0 Å². The van der Waals surface area contributed by atoms with Crippen LogP contribution in [0, 0.1) is 0 Å². The van der Waals surface area contributed by atoms with E-state index in [-0.39, 0.29) is 13.1 Å². The Kier molecular flexibility index (Phi) is 2.28. The Balaban J connectivity index is 1.78. The second-order valence-electron chi connectivity index (χ2n) is 4.33. The first kappa shape index (κ1) is 9.34. The molecule has 2 fully saturated rings. The van der Waals surface area contributed by atoms with Crippen molar-refractivity contribution in [2.75, 3.05) is 13.1 Å². The number of nitrogens with two attached hydrogens (primary N) is 1. The van der Waals surface area contributed by atoms with E-state index in [9.17, 15) is 8.78 Å². The van der Waals surface area contributed by atoms with Gasteiger partial charge >= 0.3 is 0 Å². The smallest absolute Gasteiger partial charge is 0.272 e. The maximum absolute atomic E-state index is 12.6. The Morgan fingerprint density at radius 2 is 1.62 bits per heavy atom. The molecule has 13 heavy (non-hydrogen) atoms. The van der Waals surface area contributed by atoms with Crippen molar-refractivity contribution >= 4 is 0 Å². The highest BCUT2D eigenvalue weighted by molar-refractivity contribution is 4.93. The highest BCUT2D eigenvalue weighted by atomic mass is 19.3. The first-order valence-electron chi connectivity index (χ1n) is 4.94. The minimum absolute atomic E-state index is 0.0348. The topological polar surface area (TPSA) is 29.3 Å². The predicted molar refractivity (Wildman–Crippen MR) is 46.8 cm³/mol. The molecule has 0 aromatic heterocycles. The van der Waals surface area contributed by atoms with Gasteiger partial charge in [0.05, 0.1) is 13.1 Å². The summed E-state index contributed by atoms with van der Waals surface area (Å²) in [6, 6.07) is 0.678. The lowest BCUT2D eigenvalue weighted by Gasteiger charge is -2.45. The van der Waals surface area contributed by atoms with E-state index in [1.807, 2.05) is 4.90 Å². The lowest BCUT2D eigenvalue weighted by atomic mass is 9.89. The molecule has 0 aromatic carbocycles. The van der Waals surface area contributed by atoms with Crippen LogP contribution in [0.3, 0.4) is 0 Å². The predicted octanol–water partition coefficient (Wildman–Crippen LogP) is 1.21. The Bertz CT molecular complexity index is 180. The third-order valence-electron chi connectivity index (χ3n) is 3.13. The molecule has 1 aliphatic heterocycles. The molecular weight excluding hydrogens is 174 g/mol. The fourth-order valence-electron chi connectivity index (χ4n) is 2.27. The van der Waals surface area contributed by atoms with Crippen molar-refractivity contribution in [3.05, 3.63) is 0 Å². The van der Waals surface area contributed by atoms with Crippen molar-refractivity contribution in [3.63, 3.8) is 0 Å². The monoisotopic (exact) mass is 190 g/mol. The summed E-state index contributed by atoms with van der Waals surface area (Å²) in [5, 5.41) is 0. The SMILES string of the molecule is NC1CCC(N2CC(F)(F)C2)CC1. The van der Waals surface area contributed by atoms with Crippen molar-refractivity contribution < 1.29 is 8.78 Å². The molecular formula is C9H16F2N2. The van der Waals surface area contributed by atoms with E-state index in [4.69, 9.17) is 5.73 Å². The third kappa shape index (κ3) is 1.99. The molecule has 1 saturated heterocycles. The number of rotatable bonds is 1. The number of hydrogen-bond acceptors (Lipinski definition) is 2. The van der Waals surface area contributed by atoms with Crippen LogP contribution in [0.15, 0.2) is 0 Å². The van der Waals surface area contributed by atoms with Crippen LogP contribution in [0.25, 0.3) is 0 Å². The van der Waals surface area contributed by atoms with Gasteiger partial charge in [-0.1, -0.05) is 0 Å². The van der Waals surface area contributed by atoms with E-state index < -0.39 is 5.92 Å². The summed E-state index contributed by atoms with van der Waals surface area (Å²) in [4.78, 5) is 1.89. The quantitative estimate of drug-likeness (QED) is 0.673. The molecule has 0 spiro atoms. The molecule has 2 aliphatic rings. The molecule has 0 unspecified atom stereocenters. The molecule has 2 N–H and O–H groups in total. The highest BCUT2D eigenvalue weighted by Gasteiger charge is 2.46. The van der Waals surface area contributed by atoms with Crippen LogP contribution in [0.1, 0.15) is 25.7 Å². The van der Waals surface area contributed by atoms with Gasteiger partial charge in [-0.25, -0.2) is 8.78 Å². The fourth-order valence-corrected chi connectivity index (χ4v) is 2.27. The number of alkyl halides is 2. The molecule has 0 radical (unpaired) electrons. The molecule has 1 heterocycles. The zero-order chi connectivity index (χ0) is 9.47. The zero-order valence-electron chi connectivity index (χ0n) is 7.68. The Morgan fingerprint density at radius 3 is 2.08 bits per heavy atom. The second kappa shape index (κ2) is 3.17. The Morgan fingerprint density at radius 1 is 1.08 bits per heavy atom. The summed E-state index contributed by atoms with van der Waals surface area (Å²) >= 11 is 0. The standard InChI is InChI=1S/C9H16F2N2/c10-9(11)5-13(6-9)8-3-1-7(12)2-4-8/h7-8H,1-6,12H2. The summed E-state index contributed by atoms with van der Waals surface area (Å²) in [5.74, 6) is -2.42. The maximum Gasteiger partial charge on any atom is 0.272 e. The summed E-state index contributed by atoms with van der Waals surface area (Å²) in [5.41, 5.74) is 5.74. The van der Waals surface area contributed by atoms with Crippen LogP contribution in [0.2, 0.25) is 0 Å². The van der Waals surface area contributed by atoms with Gasteiger partial charge in [-0.2, -0.15) is 0 Å². The second-order valence-corrected chi connectivity index (χ2v) is 4.33. The Hall–Kier alpha value is -0.220. The van der Waals surface area contributed by atoms with Crippen LogP contribution in [-0.2, 0) is 0 Å². The summed E-state index contributed by atoms with van der Waals surface area (Å²) in [6.07, 6.45) is 3.98. The van der Waals surface area contributed by atoms with E-state index in [0.717, 1.165) is 25.7 Å². The van der Waals surface area contributed by atoms with Gasteiger partial charge in [0.1, 0.15) is 0 Å². The molecule has 0 amide bonds. The number of hydrogen-bond donors (Lipinski definition) is 1. The highest BCUT2D eigenvalue weighted by Crippen LogP contribution is 2.33. The van der Waals surface area contributed by atoms with Gasteiger partial charge < -0.3 is 5.73 Å². The fraction of sp³-hybridized carbons (Fsp3) is 1.00. The molecule has 2 rings (SSSR count). The third-order valence-corrected chi connectivity index (χ3v) is 3.13. The van der Waals surface area contributed by atoms with Crippen molar-refractivity contribution in [1.82, 2.24) is 4.90 Å². The first-order chi connectivity index (χ1) is 6.07. The minimum Gasteiger partial charge on any atom is -0.328 e. The van der Waals surface area contributed by atoms with E-state index >= 15 is 0 Å². The molecule has 2 nitrogen and oxygen atoms in total. The van der Waals surface area contributed by atoms with E-state index in [0.29, 0.717) is 12.1 Å². The lowest BCUT2D eigenvalue weighted by molar-refractivity contribution is -0.149. The summed E-state index contributed by atoms with van der Waals surface area (Å²) in [6.45, 7) is -0.0696. The van der Waals surface area contributed by atoms with Gasteiger partial charge in [-0.3, -0.25) is 4.90 Å². The normalized spacial score (nSPS) is 39.9. The van der Waals surface area contributed by atoms with Crippen LogP contribution in [-0.4, -0.2) is 36.0 Å². The summed E-state index contributed by atoms with van der Waals surface area (Å²) < 4.78 is 25.1. The van der Waals surface area contributed by atoms with Gasteiger partial charge in [0, 0.05) is 12.1 Å². The largest absolute Gasteiger partial charge is 0.328 e. The number of likely N-dealkylation sites (tertiary alicyclic amines) is 1. The van der Waals surface area contributed by atoms with Crippen LogP contribution >= 0.6 is 0 Å². The van der Waals surface area contributed by atoms with Gasteiger partial charge in [0.15, 0.2) is 0 Å². The summed E-state index contributed by atoms with van der Waals surface area (Å²) in [7, 11) is 0. The minimum atomic E-state index is -2.42. The average molecular weight is 190 g/mol. The molecule has 1 saturated carbocycles. The van der Waals surface area contributed by atoms with Gasteiger partial charge in [0.2, 0.25) is 0 Å². The number of halogens is 2. The van der Waals surface area contributed by atoms with Gasteiger partial charge in [0.25, 0.3) is 5.92 Å². The Labute approximate surface area is 77.1 Å². The molecule has 4 heteroatoms. The molecule has 0 aromatic rings. The van der Waals surface area contributed by atoms with Crippen LogP contribution in [0.5, 0.6) is 0 Å². The molecule has 0 bridgehead atoms. The molecule has 1 aliphatic carbocycles. The van der Waals surface area contributed by atoms with Crippen molar-refractivity contribution in [2.45, 2.75) is 43.7 Å². The van der Waals surface area contributed by atoms with Gasteiger partial charge in [-0.05, 0) is 25.7 Å². The molecule has 76 valence electrons. The number of nitrogens with zero attached hydrogens (tertiary/aromatic N) is 1. The zero-order valence-corrected chi connectivity index (χ0v) is 7.68. The van der Waals surface area contributed by atoms with Crippen molar-refractivity contribution in [3.8, 4) is 0 Å². The van der Waals surface area contributed by atoms with E-state index in [1.165, 1.54) is 0 Å². The van der Waals surface area contributed by atoms with Crippen molar-refractivity contribution in [2.24, 2.45) is 5.73 Å². The van der Waals surface area contributed by atoms with Crippen molar-refractivity contribution in [1.29, 1.82) is 0 Å². The van der Waals surface area contributed by atoms with Crippen LogP contribution in [0.4, 0.5) is 8.78 Å². The maximum atomic E-state index is 12.6.